The van der Waals surface area contributed by atoms with Gasteiger partial charge in [-0.1, -0.05) is 29.8 Å². The van der Waals surface area contributed by atoms with Crippen LogP contribution in [0.5, 0.6) is 0 Å². The average Bonchev–Trinajstić information content (AvgIpc) is 2.62. The Morgan fingerprint density at radius 1 is 1.35 bits per heavy atom. The molecule has 0 aliphatic carbocycles. The first-order chi connectivity index (χ1) is 9.57. The number of rotatable bonds is 4. The molecule has 20 heavy (non-hydrogen) atoms. The molecule has 2 N–H and O–H groups in total. The van der Waals surface area contributed by atoms with Gasteiger partial charge in [0.25, 0.3) is 0 Å². The van der Waals surface area contributed by atoms with Crippen molar-refractivity contribution >= 4 is 29.4 Å². The van der Waals surface area contributed by atoms with Crippen molar-refractivity contribution in [3.63, 3.8) is 0 Å². The zero-order valence-electron chi connectivity index (χ0n) is 11.7. The van der Waals surface area contributed by atoms with E-state index in [9.17, 15) is 9.90 Å². The predicted molar refractivity (Wildman–Crippen MR) is 87.5 cm³/mol. The van der Waals surface area contributed by atoms with Crippen molar-refractivity contribution in [1.82, 2.24) is 5.32 Å². The van der Waals surface area contributed by atoms with Gasteiger partial charge in [-0.3, -0.25) is 4.79 Å². The van der Waals surface area contributed by atoms with Crippen molar-refractivity contribution in [2.75, 3.05) is 29.6 Å². The molecular formula is C15H21NO2S2. The zero-order valence-corrected chi connectivity index (χ0v) is 13.4. The summed E-state index contributed by atoms with van der Waals surface area (Å²) in [5.41, 5.74) is 1.40. The van der Waals surface area contributed by atoms with Crippen LogP contribution in [0, 0.1) is 6.92 Å². The number of carbonyl (C=O) groups excluding carboxylic acids is 1. The summed E-state index contributed by atoms with van der Waals surface area (Å²) in [5, 5.41) is 13.3. The minimum absolute atomic E-state index is 0.0247. The Balaban J connectivity index is 1.82. The number of hydrogen-bond donors (Lipinski definition) is 2. The lowest BCUT2D eigenvalue weighted by Crippen LogP contribution is -2.47. The number of thioether (sulfide) groups is 2. The molecule has 110 valence electrons. The second kappa shape index (κ2) is 7.38. The quantitative estimate of drug-likeness (QED) is 0.891. The molecule has 0 bridgehead atoms. The Labute approximate surface area is 128 Å². The molecule has 1 heterocycles. The molecule has 0 radical (unpaired) electrons. The van der Waals surface area contributed by atoms with Gasteiger partial charge in [0.15, 0.2) is 0 Å². The van der Waals surface area contributed by atoms with Crippen LogP contribution < -0.4 is 5.32 Å². The van der Waals surface area contributed by atoms with E-state index in [4.69, 9.17) is 0 Å². The molecule has 1 aliphatic heterocycles. The smallest absolute Gasteiger partial charge is 0.224 e. The monoisotopic (exact) mass is 311 g/mol. The maximum atomic E-state index is 12.0. The van der Waals surface area contributed by atoms with Crippen LogP contribution in [-0.4, -0.2) is 46.2 Å². The van der Waals surface area contributed by atoms with Crippen LogP contribution in [0.2, 0.25) is 0 Å². The fourth-order valence-corrected chi connectivity index (χ4v) is 4.65. The van der Waals surface area contributed by atoms with E-state index in [0.717, 1.165) is 22.6 Å². The van der Waals surface area contributed by atoms with Gasteiger partial charge in [0.05, 0.1) is 12.0 Å². The second-order valence-corrected chi connectivity index (χ2v) is 7.48. The molecule has 0 spiro atoms. The van der Waals surface area contributed by atoms with Gasteiger partial charge in [-0.2, -0.15) is 23.5 Å². The lowest BCUT2D eigenvalue weighted by molar-refractivity contribution is -0.121. The molecule has 0 unspecified atom stereocenters. The molecular weight excluding hydrogens is 290 g/mol. The molecule has 1 aromatic carbocycles. The van der Waals surface area contributed by atoms with Crippen LogP contribution in [0.4, 0.5) is 0 Å². The summed E-state index contributed by atoms with van der Waals surface area (Å²) < 4.78 is 0. The van der Waals surface area contributed by atoms with Gasteiger partial charge in [0.1, 0.15) is 0 Å². The summed E-state index contributed by atoms with van der Waals surface area (Å²) in [4.78, 5) is 12.0. The molecule has 1 fully saturated rings. The van der Waals surface area contributed by atoms with Crippen LogP contribution in [0.25, 0.3) is 0 Å². The summed E-state index contributed by atoms with van der Waals surface area (Å²) in [6.07, 6.45) is 0.373. The van der Waals surface area contributed by atoms with E-state index >= 15 is 0 Å². The minimum atomic E-state index is -0.770. The van der Waals surface area contributed by atoms with Gasteiger partial charge >= 0.3 is 0 Å². The van der Waals surface area contributed by atoms with Gasteiger partial charge in [-0.15, -0.1) is 0 Å². The summed E-state index contributed by atoms with van der Waals surface area (Å²) >= 11 is 3.52. The van der Waals surface area contributed by atoms with E-state index in [2.05, 4.69) is 5.32 Å². The molecule has 1 amide bonds. The maximum Gasteiger partial charge on any atom is 0.224 e. The minimum Gasteiger partial charge on any atom is -0.386 e. The van der Waals surface area contributed by atoms with Crippen LogP contribution in [0.3, 0.4) is 0 Å². The first-order valence-electron chi connectivity index (χ1n) is 6.78. The highest BCUT2D eigenvalue weighted by atomic mass is 32.2. The number of carbonyl (C=O) groups is 1. The molecule has 3 nitrogen and oxygen atoms in total. The Morgan fingerprint density at radius 3 is 2.70 bits per heavy atom. The number of nitrogens with one attached hydrogen (secondary N) is 1. The molecule has 1 saturated heterocycles. The van der Waals surface area contributed by atoms with Crippen LogP contribution in [-0.2, 0) is 11.2 Å². The van der Waals surface area contributed by atoms with Crippen molar-refractivity contribution in [2.45, 2.75) is 18.9 Å². The van der Waals surface area contributed by atoms with Crippen molar-refractivity contribution < 1.29 is 9.90 Å². The lowest BCUT2D eigenvalue weighted by atomic mass is 10.1. The number of aryl methyl sites for hydroxylation is 1. The summed E-state index contributed by atoms with van der Waals surface area (Å²) in [7, 11) is 0. The molecule has 0 saturated carbocycles. The van der Waals surface area contributed by atoms with Crippen LogP contribution in [0.1, 0.15) is 11.1 Å². The van der Waals surface area contributed by atoms with E-state index in [1.165, 1.54) is 0 Å². The van der Waals surface area contributed by atoms with E-state index in [1.807, 2.05) is 31.2 Å². The van der Waals surface area contributed by atoms with Crippen LogP contribution in [0.15, 0.2) is 24.3 Å². The number of benzene rings is 1. The highest BCUT2D eigenvalue weighted by molar-refractivity contribution is 8.03. The third-order valence-corrected chi connectivity index (χ3v) is 5.90. The Bertz CT molecular complexity index is 457. The number of amides is 1. The van der Waals surface area contributed by atoms with E-state index in [0.29, 0.717) is 24.5 Å². The Hall–Kier alpha value is -0.650. The maximum absolute atomic E-state index is 12.0. The SMILES string of the molecule is Cc1cccc(CC(=O)NCC2(O)CSCCSC2)c1. The Kier molecular flexibility index (Phi) is 5.81. The fourth-order valence-electron chi connectivity index (χ4n) is 2.12. The van der Waals surface area contributed by atoms with Gasteiger partial charge in [0.2, 0.25) is 5.91 Å². The highest BCUT2D eigenvalue weighted by Gasteiger charge is 2.29. The van der Waals surface area contributed by atoms with E-state index in [1.54, 1.807) is 23.5 Å². The third-order valence-electron chi connectivity index (χ3n) is 3.18. The fraction of sp³-hybridized carbons (Fsp3) is 0.533. The number of hydrogen-bond acceptors (Lipinski definition) is 4. The molecule has 0 atom stereocenters. The average molecular weight is 311 g/mol. The third kappa shape index (κ3) is 5.04. The van der Waals surface area contributed by atoms with Gasteiger partial charge in [0, 0.05) is 29.6 Å². The molecule has 1 aliphatic rings. The molecule has 1 aromatic rings. The summed E-state index contributed by atoms with van der Waals surface area (Å²) in [5.74, 6) is 3.52. The zero-order chi connectivity index (χ0) is 14.4. The van der Waals surface area contributed by atoms with Gasteiger partial charge in [-0.05, 0) is 12.5 Å². The van der Waals surface area contributed by atoms with Gasteiger partial charge in [-0.25, -0.2) is 0 Å². The van der Waals surface area contributed by atoms with Crippen molar-refractivity contribution in [3.05, 3.63) is 35.4 Å². The Morgan fingerprint density at radius 2 is 2.05 bits per heavy atom. The van der Waals surface area contributed by atoms with Crippen LogP contribution >= 0.6 is 23.5 Å². The van der Waals surface area contributed by atoms with Crippen molar-refractivity contribution in [2.24, 2.45) is 0 Å². The van der Waals surface area contributed by atoms with Crippen molar-refractivity contribution in [3.8, 4) is 0 Å². The number of aliphatic hydroxyl groups is 1. The van der Waals surface area contributed by atoms with Gasteiger partial charge < -0.3 is 10.4 Å². The normalized spacial score (nSPS) is 18.3. The first kappa shape index (κ1) is 15.7. The van der Waals surface area contributed by atoms with E-state index in [-0.39, 0.29) is 5.91 Å². The standard InChI is InChI=1S/C15H21NO2S2/c1-12-3-2-4-13(7-12)8-14(17)16-9-15(18)10-19-5-6-20-11-15/h2-4,7,18H,5-6,8-11H2,1H3,(H,16,17). The second-order valence-electron chi connectivity index (χ2n) is 5.27. The highest BCUT2D eigenvalue weighted by Crippen LogP contribution is 2.24. The summed E-state index contributed by atoms with van der Waals surface area (Å²) in [6.45, 7) is 2.36. The lowest BCUT2D eigenvalue weighted by Gasteiger charge is -2.25. The topological polar surface area (TPSA) is 49.3 Å². The summed E-state index contributed by atoms with van der Waals surface area (Å²) in [6, 6.07) is 7.96. The molecule has 2 rings (SSSR count). The predicted octanol–water partition coefficient (Wildman–Crippen LogP) is 1.86. The molecule has 5 heteroatoms. The van der Waals surface area contributed by atoms with Crippen molar-refractivity contribution in [1.29, 1.82) is 0 Å². The van der Waals surface area contributed by atoms with E-state index < -0.39 is 5.60 Å². The largest absolute Gasteiger partial charge is 0.386 e. The molecule has 0 aromatic heterocycles. The first-order valence-corrected chi connectivity index (χ1v) is 9.08.